The highest BCUT2D eigenvalue weighted by atomic mass is 16.2. The Bertz CT molecular complexity index is 1240. The standard InChI is InChI=1S/C33H52N8O6/c1-22(2)29-32(46)35-23(3)30(44)37-26(19-24-11-7-6-8-12-24)33(47)40(5)20-27(42)34-14-9-13-25(31(45)38-29)36-28(43)21-41-16-10-15-39(4)17-18-41/h6-8,11-12,22-23,25-26,29H,9-10,13-21H2,1-5H3,(H,34,42)(H,35,46)(H,36,43)(H,37,44)(H,38,45)/t23-,25+,26+,29-/m1/s1. The number of amides is 6. The average molecular weight is 657 g/mol. The summed E-state index contributed by atoms with van der Waals surface area (Å²) in [4.78, 5) is 85.1. The second-order valence-electron chi connectivity index (χ2n) is 13.0. The Hall–Kier alpha value is -4.04. The van der Waals surface area contributed by atoms with Crippen molar-refractivity contribution in [3.8, 4) is 0 Å². The zero-order valence-electron chi connectivity index (χ0n) is 28.3. The first-order chi connectivity index (χ1) is 22.3. The van der Waals surface area contributed by atoms with Gasteiger partial charge in [-0.15, -0.1) is 0 Å². The second kappa shape index (κ2) is 18.3. The molecule has 2 saturated heterocycles. The van der Waals surface area contributed by atoms with Gasteiger partial charge in [-0.1, -0.05) is 44.2 Å². The van der Waals surface area contributed by atoms with Crippen LogP contribution in [0.1, 0.15) is 45.6 Å². The molecule has 5 N–H and O–H groups in total. The first kappa shape index (κ1) is 37.4. The van der Waals surface area contributed by atoms with Crippen molar-refractivity contribution in [2.75, 3.05) is 59.9 Å². The summed E-state index contributed by atoms with van der Waals surface area (Å²) in [5, 5.41) is 13.8. The van der Waals surface area contributed by atoms with Gasteiger partial charge in [-0.25, -0.2) is 0 Å². The molecule has 0 unspecified atom stereocenters. The van der Waals surface area contributed by atoms with Gasteiger partial charge in [-0.3, -0.25) is 33.7 Å². The van der Waals surface area contributed by atoms with Gasteiger partial charge in [0.25, 0.3) is 0 Å². The van der Waals surface area contributed by atoms with Crippen LogP contribution in [0, 0.1) is 5.92 Å². The molecule has 2 heterocycles. The van der Waals surface area contributed by atoms with E-state index in [0.29, 0.717) is 6.42 Å². The van der Waals surface area contributed by atoms with Crippen molar-refractivity contribution in [1.29, 1.82) is 0 Å². The van der Waals surface area contributed by atoms with Gasteiger partial charge in [0.2, 0.25) is 35.4 Å². The molecule has 2 aliphatic heterocycles. The Morgan fingerprint density at radius 1 is 0.894 bits per heavy atom. The zero-order valence-corrected chi connectivity index (χ0v) is 28.3. The third kappa shape index (κ3) is 12.2. The molecule has 14 heteroatoms. The van der Waals surface area contributed by atoms with Crippen LogP contribution >= 0.6 is 0 Å². The molecular formula is C33H52N8O6. The van der Waals surface area contributed by atoms with Crippen molar-refractivity contribution in [2.24, 2.45) is 5.92 Å². The monoisotopic (exact) mass is 656 g/mol. The number of carbonyl (C=O) groups is 6. The van der Waals surface area contributed by atoms with Gasteiger partial charge in [0.1, 0.15) is 24.2 Å². The largest absolute Gasteiger partial charge is 0.355 e. The summed E-state index contributed by atoms with van der Waals surface area (Å²) < 4.78 is 0. The van der Waals surface area contributed by atoms with Crippen LogP contribution in [0.5, 0.6) is 0 Å². The van der Waals surface area contributed by atoms with Gasteiger partial charge in [-0.05, 0) is 57.8 Å². The molecule has 1 aromatic carbocycles. The average Bonchev–Trinajstić information content (AvgIpc) is 3.23. The van der Waals surface area contributed by atoms with E-state index in [0.717, 1.165) is 38.2 Å². The normalized spacial score (nSPS) is 25.5. The lowest BCUT2D eigenvalue weighted by Gasteiger charge is -2.28. The highest BCUT2D eigenvalue weighted by Crippen LogP contribution is 2.09. The van der Waals surface area contributed by atoms with Crippen molar-refractivity contribution in [3.05, 3.63) is 35.9 Å². The molecule has 14 nitrogen and oxygen atoms in total. The van der Waals surface area contributed by atoms with E-state index in [1.165, 1.54) is 18.9 Å². The van der Waals surface area contributed by atoms with Crippen LogP contribution in [-0.4, -0.2) is 134 Å². The Balaban J connectivity index is 1.78. The molecule has 0 saturated carbocycles. The number of rotatable bonds is 6. The fourth-order valence-electron chi connectivity index (χ4n) is 5.62. The Kier molecular flexibility index (Phi) is 14.6. The van der Waals surface area contributed by atoms with Crippen molar-refractivity contribution in [3.63, 3.8) is 0 Å². The molecule has 260 valence electrons. The molecule has 2 fully saturated rings. The minimum absolute atomic E-state index is 0.140. The van der Waals surface area contributed by atoms with E-state index < -0.39 is 53.7 Å². The van der Waals surface area contributed by atoms with Crippen LogP contribution in [0.4, 0.5) is 0 Å². The number of nitrogens with zero attached hydrogens (tertiary/aromatic N) is 3. The van der Waals surface area contributed by atoms with E-state index in [1.54, 1.807) is 13.8 Å². The number of carbonyl (C=O) groups excluding carboxylic acids is 6. The molecule has 47 heavy (non-hydrogen) atoms. The summed E-state index contributed by atoms with van der Waals surface area (Å²) in [7, 11) is 3.53. The number of likely N-dealkylation sites (N-methyl/N-ethyl adjacent to an activating group) is 2. The topological polar surface area (TPSA) is 172 Å². The summed E-state index contributed by atoms with van der Waals surface area (Å²) in [5.41, 5.74) is 0.811. The van der Waals surface area contributed by atoms with Gasteiger partial charge in [0.05, 0.1) is 13.1 Å². The summed E-state index contributed by atoms with van der Waals surface area (Å²) in [6.07, 6.45) is 1.69. The maximum atomic E-state index is 13.6. The van der Waals surface area contributed by atoms with Crippen molar-refractivity contribution < 1.29 is 28.8 Å². The van der Waals surface area contributed by atoms with Crippen LogP contribution in [0.25, 0.3) is 0 Å². The predicted octanol–water partition coefficient (Wildman–Crippen LogP) is -1.15. The minimum Gasteiger partial charge on any atom is -0.355 e. The van der Waals surface area contributed by atoms with Gasteiger partial charge >= 0.3 is 0 Å². The molecule has 0 spiro atoms. The van der Waals surface area contributed by atoms with Crippen LogP contribution in [0.15, 0.2) is 30.3 Å². The summed E-state index contributed by atoms with van der Waals surface area (Å²) >= 11 is 0. The van der Waals surface area contributed by atoms with Crippen molar-refractivity contribution in [2.45, 2.75) is 70.6 Å². The van der Waals surface area contributed by atoms with Crippen LogP contribution in [-0.2, 0) is 35.2 Å². The lowest BCUT2D eigenvalue weighted by Crippen LogP contribution is -2.59. The third-order valence-electron chi connectivity index (χ3n) is 8.48. The second-order valence-corrected chi connectivity index (χ2v) is 13.0. The van der Waals surface area contributed by atoms with Gasteiger partial charge in [0, 0.05) is 33.1 Å². The molecule has 2 aliphatic rings. The third-order valence-corrected chi connectivity index (χ3v) is 8.48. The fourth-order valence-corrected chi connectivity index (χ4v) is 5.62. The molecule has 0 radical (unpaired) electrons. The van der Waals surface area contributed by atoms with E-state index in [2.05, 4.69) is 36.4 Å². The van der Waals surface area contributed by atoms with Crippen molar-refractivity contribution in [1.82, 2.24) is 41.3 Å². The van der Waals surface area contributed by atoms with E-state index in [4.69, 9.17) is 0 Å². The molecule has 0 aromatic heterocycles. The maximum absolute atomic E-state index is 13.6. The first-order valence-corrected chi connectivity index (χ1v) is 16.5. The molecular weight excluding hydrogens is 604 g/mol. The summed E-state index contributed by atoms with van der Waals surface area (Å²) in [6, 6.07) is 5.20. The highest BCUT2D eigenvalue weighted by Gasteiger charge is 2.32. The molecule has 6 amide bonds. The SMILES string of the molecule is CC(C)[C@H]1NC(=O)[C@@H](NC(=O)CN2CCCN(C)CC2)CCCNC(=O)CN(C)C(=O)[C@H](Cc2ccccc2)NC(=O)[C@@H](C)NC1=O. The highest BCUT2D eigenvalue weighted by molar-refractivity contribution is 5.96. The molecule has 0 bridgehead atoms. The van der Waals surface area contributed by atoms with Crippen LogP contribution in [0.2, 0.25) is 0 Å². The van der Waals surface area contributed by atoms with Gasteiger partial charge in [-0.2, -0.15) is 0 Å². The predicted molar refractivity (Wildman–Crippen MR) is 177 cm³/mol. The van der Waals surface area contributed by atoms with Gasteiger partial charge in [0.15, 0.2) is 0 Å². The summed E-state index contributed by atoms with van der Waals surface area (Å²) in [5.74, 6) is -3.18. The van der Waals surface area contributed by atoms with E-state index in [9.17, 15) is 28.8 Å². The number of hydrogen-bond donors (Lipinski definition) is 5. The number of hydrogen-bond acceptors (Lipinski definition) is 8. The smallest absolute Gasteiger partial charge is 0.245 e. The Morgan fingerprint density at radius 3 is 2.32 bits per heavy atom. The molecule has 4 atom stereocenters. The molecule has 3 rings (SSSR count). The quantitative estimate of drug-likeness (QED) is 0.256. The van der Waals surface area contributed by atoms with E-state index in [-0.39, 0.29) is 44.3 Å². The maximum Gasteiger partial charge on any atom is 0.245 e. The number of nitrogens with one attached hydrogen (secondary N) is 5. The van der Waals surface area contributed by atoms with E-state index in [1.807, 2.05) is 37.4 Å². The molecule has 1 aromatic rings. The zero-order chi connectivity index (χ0) is 34.5. The Labute approximate surface area is 277 Å². The first-order valence-electron chi connectivity index (χ1n) is 16.5. The lowest BCUT2D eigenvalue weighted by molar-refractivity contribution is -0.139. The van der Waals surface area contributed by atoms with Gasteiger partial charge < -0.3 is 36.4 Å². The van der Waals surface area contributed by atoms with E-state index >= 15 is 0 Å². The van der Waals surface area contributed by atoms with Crippen LogP contribution in [0.3, 0.4) is 0 Å². The lowest BCUT2D eigenvalue weighted by atomic mass is 10.0. The number of benzene rings is 1. The fraction of sp³-hybridized carbons (Fsp3) is 0.636. The minimum atomic E-state index is -1.04. The molecule has 0 aliphatic carbocycles. The summed E-state index contributed by atoms with van der Waals surface area (Å²) in [6.45, 7) is 8.43. The van der Waals surface area contributed by atoms with Crippen molar-refractivity contribution >= 4 is 35.4 Å². The van der Waals surface area contributed by atoms with Crippen LogP contribution < -0.4 is 26.6 Å². The Morgan fingerprint density at radius 2 is 1.62 bits per heavy atom.